The molecule has 1 aromatic rings. The Bertz CT molecular complexity index is 398. The molecule has 0 aliphatic rings. The van der Waals surface area contributed by atoms with E-state index in [0.717, 1.165) is 6.20 Å². The standard InChI is InChI=1S/C8H7ClF2N2O2/c9-4-2-13-7(8(10)11)6(12)3(4)1-5(14)15/h2,8H,1,12H2,(H,14,15). The maximum absolute atomic E-state index is 12.3. The zero-order chi connectivity index (χ0) is 11.6. The van der Waals surface area contributed by atoms with Crippen molar-refractivity contribution in [3.8, 4) is 0 Å². The van der Waals surface area contributed by atoms with Gasteiger partial charge in [0.15, 0.2) is 0 Å². The van der Waals surface area contributed by atoms with Crippen LogP contribution in [-0.2, 0) is 11.2 Å². The summed E-state index contributed by atoms with van der Waals surface area (Å²) in [5.74, 6) is -1.20. The number of alkyl halides is 2. The van der Waals surface area contributed by atoms with Gasteiger partial charge in [0.25, 0.3) is 6.43 Å². The zero-order valence-corrected chi connectivity index (χ0v) is 8.13. The molecule has 0 amide bonds. The number of nitrogen functional groups attached to an aromatic ring is 1. The van der Waals surface area contributed by atoms with Gasteiger partial charge in [-0.3, -0.25) is 9.78 Å². The van der Waals surface area contributed by atoms with E-state index >= 15 is 0 Å². The number of nitrogens with zero attached hydrogens (tertiary/aromatic N) is 1. The van der Waals surface area contributed by atoms with Crippen molar-refractivity contribution in [2.24, 2.45) is 0 Å². The molecule has 0 aromatic carbocycles. The number of aliphatic carboxylic acids is 1. The number of carboxylic acid groups (broad SMARTS) is 1. The van der Waals surface area contributed by atoms with E-state index < -0.39 is 24.5 Å². The van der Waals surface area contributed by atoms with Crippen LogP contribution < -0.4 is 5.73 Å². The van der Waals surface area contributed by atoms with Crippen molar-refractivity contribution in [1.82, 2.24) is 4.98 Å². The quantitative estimate of drug-likeness (QED) is 0.840. The number of pyridine rings is 1. The lowest BCUT2D eigenvalue weighted by atomic mass is 10.1. The molecule has 0 atom stereocenters. The normalized spacial score (nSPS) is 10.7. The summed E-state index contributed by atoms with van der Waals surface area (Å²) in [5.41, 5.74) is 4.31. The monoisotopic (exact) mass is 236 g/mol. The van der Waals surface area contributed by atoms with E-state index in [9.17, 15) is 13.6 Å². The number of halogens is 3. The summed E-state index contributed by atoms with van der Waals surface area (Å²) in [7, 11) is 0. The molecule has 4 nitrogen and oxygen atoms in total. The molecule has 1 heterocycles. The first-order valence-electron chi connectivity index (χ1n) is 3.86. The number of aromatic nitrogens is 1. The van der Waals surface area contributed by atoms with E-state index in [4.69, 9.17) is 22.4 Å². The lowest BCUT2D eigenvalue weighted by molar-refractivity contribution is -0.136. The Morgan fingerprint density at radius 3 is 2.73 bits per heavy atom. The van der Waals surface area contributed by atoms with Crippen LogP contribution >= 0.6 is 11.6 Å². The Morgan fingerprint density at radius 1 is 1.67 bits per heavy atom. The highest BCUT2D eigenvalue weighted by molar-refractivity contribution is 6.31. The van der Waals surface area contributed by atoms with Gasteiger partial charge in [-0.2, -0.15) is 0 Å². The Labute approximate surface area is 88.7 Å². The molecule has 0 saturated heterocycles. The number of rotatable bonds is 3. The highest BCUT2D eigenvalue weighted by atomic mass is 35.5. The van der Waals surface area contributed by atoms with Gasteiger partial charge in [-0.15, -0.1) is 0 Å². The predicted octanol–water partition coefficient (Wildman–Crippen LogP) is 1.88. The second-order valence-corrected chi connectivity index (χ2v) is 3.16. The lowest BCUT2D eigenvalue weighted by Gasteiger charge is -2.09. The van der Waals surface area contributed by atoms with Crippen molar-refractivity contribution in [2.75, 3.05) is 5.73 Å². The van der Waals surface area contributed by atoms with E-state index in [2.05, 4.69) is 4.98 Å². The summed E-state index contributed by atoms with van der Waals surface area (Å²) in [5, 5.41) is 8.49. The molecule has 0 bridgehead atoms. The van der Waals surface area contributed by atoms with Gasteiger partial charge in [0.1, 0.15) is 5.69 Å². The molecule has 1 rings (SSSR count). The first-order chi connectivity index (χ1) is 6.93. The van der Waals surface area contributed by atoms with E-state index in [-0.39, 0.29) is 16.3 Å². The average Bonchev–Trinajstić information content (AvgIpc) is 2.11. The molecule has 0 spiro atoms. The molecule has 3 N–H and O–H groups in total. The number of hydrogen-bond donors (Lipinski definition) is 2. The molecule has 0 radical (unpaired) electrons. The van der Waals surface area contributed by atoms with Crippen LogP contribution in [0, 0.1) is 0 Å². The highest BCUT2D eigenvalue weighted by Crippen LogP contribution is 2.30. The van der Waals surface area contributed by atoms with Crippen LogP contribution in [0.15, 0.2) is 6.20 Å². The average molecular weight is 237 g/mol. The second-order valence-electron chi connectivity index (χ2n) is 2.75. The van der Waals surface area contributed by atoms with E-state index in [0.29, 0.717) is 0 Å². The number of hydrogen-bond acceptors (Lipinski definition) is 3. The van der Waals surface area contributed by atoms with Crippen molar-refractivity contribution >= 4 is 23.3 Å². The number of carbonyl (C=O) groups is 1. The van der Waals surface area contributed by atoms with Gasteiger partial charge < -0.3 is 10.8 Å². The molecule has 15 heavy (non-hydrogen) atoms. The highest BCUT2D eigenvalue weighted by Gasteiger charge is 2.19. The molecule has 82 valence electrons. The molecule has 0 aliphatic heterocycles. The summed E-state index contributed by atoms with van der Waals surface area (Å²) < 4.78 is 24.7. The van der Waals surface area contributed by atoms with Gasteiger partial charge in [0, 0.05) is 11.8 Å². The van der Waals surface area contributed by atoms with Crippen LogP contribution in [0.25, 0.3) is 0 Å². The Kier molecular flexibility index (Phi) is 3.41. The molecule has 7 heteroatoms. The SMILES string of the molecule is Nc1c(C(F)F)ncc(Cl)c1CC(=O)O. The van der Waals surface area contributed by atoms with Crippen molar-refractivity contribution in [1.29, 1.82) is 0 Å². The number of nitrogens with two attached hydrogens (primary N) is 1. The minimum atomic E-state index is -2.85. The van der Waals surface area contributed by atoms with Gasteiger partial charge in [0.2, 0.25) is 0 Å². The fourth-order valence-corrected chi connectivity index (χ4v) is 1.28. The Morgan fingerprint density at radius 2 is 2.27 bits per heavy atom. The topological polar surface area (TPSA) is 76.2 Å². The molecule has 0 aliphatic carbocycles. The summed E-state index contributed by atoms with van der Waals surface area (Å²) in [4.78, 5) is 13.8. The summed E-state index contributed by atoms with van der Waals surface area (Å²) in [6.07, 6.45) is -2.39. The van der Waals surface area contributed by atoms with Crippen molar-refractivity contribution in [2.45, 2.75) is 12.8 Å². The van der Waals surface area contributed by atoms with Crippen molar-refractivity contribution < 1.29 is 18.7 Å². The smallest absolute Gasteiger partial charge is 0.307 e. The zero-order valence-electron chi connectivity index (χ0n) is 7.38. The van der Waals surface area contributed by atoms with Crippen molar-refractivity contribution in [3.05, 3.63) is 22.5 Å². The van der Waals surface area contributed by atoms with Crippen LogP contribution in [0.3, 0.4) is 0 Å². The second kappa shape index (κ2) is 4.39. The van der Waals surface area contributed by atoms with Crippen LogP contribution in [0.4, 0.5) is 14.5 Å². The fraction of sp³-hybridized carbons (Fsp3) is 0.250. The van der Waals surface area contributed by atoms with Gasteiger partial charge in [0.05, 0.1) is 17.1 Å². The van der Waals surface area contributed by atoms with E-state index in [1.165, 1.54) is 0 Å². The largest absolute Gasteiger partial charge is 0.481 e. The Balaban J connectivity index is 3.23. The lowest BCUT2D eigenvalue weighted by Crippen LogP contribution is -2.08. The molecule has 0 fully saturated rings. The third kappa shape index (κ3) is 2.53. The predicted molar refractivity (Wildman–Crippen MR) is 50.0 cm³/mol. The molecular weight excluding hydrogens is 230 g/mol. The molecule has 0 unspecified atom stereocenters. The van der Waals surface area contributed by atoms with Gasteiger partial charge >= 0.3 is 5.97 Å². The molecule has 0 saturated carbocycles. The third-order valence-corrected chi connectivity index (χ3v) is 2.07. The third-order valence-electron chi connectivity index (χ3n) is 1.74. The maximum atomic E-state index is 12.3. The molecular formula is C8H7ClF2N2O2. The summed E-state index contributed by atoms with van der Waals surface area (Å²) in [6.45, 7) is 0. The van der Waals surface area contributed by atoms with Crippen LogP contribution in [0.5, 0.6) is 0 Å². The summed E-state index contributed by atoms with van der Waals surface area (Å²) in [6, 6.07) is 0. The fourth-order valence-electron chi connectivity index (χ4n) is 1.06. The Hall–Kier alpha value is -1.43. The van der Waals surface area contributed by atoms with E-state index in [1.54, 1.807) is 0 Å². The van der Waals surface area contributed by atoms with Gasteiger partial charge in [-0.05, 0) is 0 Å². The number of carboxylic acids is 1. The minimum Gasteiger partial charge on any atom is -0.481 e. The minimum absolute atomic E-state index is 0.0284. The molecule has 1 aromatic heterocycles. The maximum Gasteiger partial charge on any atom is 0.307 e. The van der Waals surface area contributed by atoms with Gasteiger partial charge in [-0.1, -0.05) is 11.6 Å². The van der Waals surface area contributed by atoms with Crippen LogP contribution in [0.1, 0.15) is 17.7 Å². The first-order valence-corrected chi connectivity index (χ1v) is 4.24. The van der Waals surface area contributed by atoms with Crippen LogP contribution in [0.2, 0.25) is 5.02 Å². The summed E-state index contributed by atoms with van der Waals surface area (Å²) >= 11 is 5.60. The van der Waals surface area contributed by atoms with Crippen molar-refractivity contribution in [3.63, 3.8) is 0 Å². The van der Waals surface area contributed by atoms with Gasteiger partial charge in [-0.25, -0.2) is 8.78 Å². The van der Waals surface area contributed by atoms with Crippen LogP contribution in [-0.4, -0.2) is 16.1 Å². The van der Waals surface area contributed by atoms with E-state index in [1.807, 2.05) is 0 Å². The first kappa shape index (κ1) is 11.6. The number of anilines is 1.